The van der Waals surface area contributed by atoms with Crippen LogP contribution < -0.4 is 5.32 Å². The molecule has 2 aromatic carbocycles. The smallest absolute Gasteiger partial charge is 0.262 e. The van der Waals surface area contributed by atoms with Crippen molar-refractivity contribution in [2.24, 2.45) is 0 Å². The van der Waals surface area contributed by atoms with E-state index in [4.69, 9.17) is 28.5 Å². The number of amides is 1. The largest absolute Gasteiger partial charge is 0.508 e. The molecule has 6 heteroatoms. The number of nitrogens with one attached hydrogen (secondary N) is 1. The molecule has 0 aliphatic rings. The lowest BCUT2D eigenvalue weighted by atomic mass is 10.1. The van der Waals surface area contributed by atoms with Gasteiger partial charge in [0.1, 0.15) is 17.4 Å². The van der Waals surface area contributed by atoms with Gasteiger partial charge in [0.05, 0.1) is 10.0 Å². The summed E-state index contributed by atoms with van der Waals surface area (Å²) in [7, 11) is 0. The van der Waals surface area contributed by atoms with Crippen molar-refractivity contribution in [2.75, 3.05) is 0 Å². The Balaban J connectivity index is 2.07. The number of carbonyl (C=O) groups excluding carboxylic acids is 1. The average molecular weight is 347 g/mol. The van der Waals surface area contributed by atoms with E-state index in [2.05, 4.69) is 5.32 Å². The van der Waals surface area contributed by atoms with Gasteiger partial charge < -0.3 is 10.4 Å². The number of nitrogens with zero attached hydrogens (tertiary/aromatic N) is 1. The number of benzene rings is 2. The predicted octanol–water partition coefficient (Wildman–Crippen LogP) is 3.92. The molecule has 4 nitrogen and oxygen atoms in total. The first-order valence-electron chi connectivity index (χ1n) is 6.62. The third-order valence-corrected chi connectivity index (χ3v) is 3.75. The van der Waals surface area contributed by atoms with Gasteiger partial charge in [-0.15, -0.1) is 0 Å². The molecule has 0 bridgehead atoms. The lowest BCUT2D eigenvalue weighted by molar-refractivity contribution is -0.117. The fourth-order valence-electron chi connectivity index (χ4n) is 1.81. The molecular formula is C17H12Cl2N2O2. The van der Waals surface area contributed by atoms with E-state index in [0.29, 0.717) is 15.6 Å². The number of aromatic hydroxyl groups is 1. The fraction of sp³-hybridized carbons (Fsp3) is 0.0588. The molecule has 0 saturated heterocycles. The minimum atomic E-state index is -0.494. The molecule has 2 aromatic rings. The zero-order valence-corrected chi connectivity index (χ0v) is 13.4. The van der Waals surface area contributed by atoms with Crippen molar-refractivity contribution in [3.05, 3.63) is 69.2 Å². The summed E-state index contributed by atoms with van der Waals surface area (Å²) in [5.74, 6) is -0.378. The van der Waals surface area contributed by atoms with Crippen LogP contribution >= 0.6 is 23.2 Å². The van der Waals surface area contributed by atoms with Gasteiger partial charge in [-0.25, -0.2) is 0 Å². The van der Waals surface area contributed by atoms with Crippen molar-refractivity contribution >= 4 is 35.2 Å². The minimum Gasteiger partial charge on any atom is -0.508 e. The van der Waals surface area contributed by atoms with Crippen LogP contribution in [0.4, 0.5) is 0 Å². The molecule has 0 radical (unpaired) electrons. The van der Waals surface area contributed by atoms with E-state index < -0.39 is 5.91 Å². The predicted molar refractivity (Wildman–Crippen MR) is 90.0 cm³/mol. The molecular weight excluding hydrogens is 335 g/mol. The molecule has 116 valence electrons. The maximum absolute atomic E-state index is 12.1. The van der Waals surface area contributed by atoms with E-state index >= 15 is 0 Å². The highest BCUT2D eigenvalue weighted by Crippen LogP contribution is 2.22. The van der Waals surface area contributed by atoms with Gasteiger partial charge in [0.25, 0.3) is 5.91 Å². The Kier molecular flexibility index (Phi) is 5.64. The molecule has 1 amide bonds. The number of nitriles is 1. The topological polar surface area (TPSA) is 73.1 Å². The Morgan fingerprint density at radius 1 is 1.17 bits per heavy atom. The van der Waals surface area contributed by atoms with Crippen LogP contribution in [-0.2, 0) is 11.3 Å². The molecule has 0 unspecified atom stereocenters. The summed E-state index contributed by atoms with van der Waals surface area (Å²) in [5.41, 5.74) is 1.38. The quantitative estimate of drug-likeness (QED) is 0.650. The van der Waals surface area contributed by atoms with Crippen molar-refractivity contribution in [2.45, 2.75) is 6.54 Å². The van der Waals surface area contributed by atoms with Gasteiger partial charge in [-0.1, -0.05) is 41.4 Å². The molecule has 0 saturated carbocycles. The molecule has 0 spiro atoms. The number of hydrogen-bond donors (Lipinski definition) is 2. The van der Waals surface area contributed by atoms with Gasteiger partial charge in [0.15, 0.2) is 0 Å². The van der Waals surface area contributed by atoms with Crippen LogP contribution in [0.25, 0.3) is 6.08 Å². The van der Waals surface area contributed by atoms with Crippen LogP contribution in [0.1, 0.15) is 11.1 Å². The van der Waals surface area contributed by atoms with E-state index in [0.717, 1.165) is 5.56 Å². The Morgan fingerprint density at radius 3 is 2.48 bits per heavy atom. The number of rotatable bonds is 4. The highest BCUT2D eigenvalue weighted by atomic mass is 35.5. The van der Waals surface area contributed by atoms with E-state index in [9.17, 15) is 9.90 Å². The van der Waals surface area contributed by atoms with Gasteiger partial charge in [-0.05, 0) is 41.5 Å². The third-order valence-electron chi connectivity index (χ3n) is 3.01. The summed E-state index contributed by atoms with van der Waals surface area (Å²) in [6, 6.07) is 13.1. The summed E-state index contributed by atoms with van der Waals surface area (Å²) in [6.45, 7) is 0.227. The van der Waals surface area contributed by atoms with Crippen molar-refractivity contribution < 1.29 is 9.90 Å². The van der Waals surface area contributed by atoms with Crippen LogP contribution in [0, 0.1) is 11.3 Å². The highest BCUT2D eigenvalue weighted by molar-refractivity contribution is 6.42. The minimum absolute atomic E-state index is 0.0317. The summed E-state index contributed by atoms with van der Waals surface area (Å²) < 4.78 is 0. The fourth-order valence-corrected chi connectivity index (χ4v) is 2.13. The van der Waals surface area contributed by atoms with Crippen LogP contribution in [0.3, 0.4) is 0 Å². The Bertz CT molecular complexity index is 793. The third kappa shape index (κ3) is 4.75. The van der Waals surface area contributed by atoms with Crippen LogP contribution in [0.2, 0.25) is 10.0 Å². The van der Waals surface area contributed by atoms with E-state index in [-0.39, 0.29) is 17.9 Å². The van der Waals surface area contributed by atoms with Gasteiger partial charge in [-0.3, -0.25) is 4.79 Å². The van der Waals surface area contributed by atoms with Crippen LogP contribution in [0.5, 0.6) is 5.75 Å². The molecule has 0 aliphatic heterocycles. The average Bonchev–Trinajstić information content (AvgIpc) is 2.55. The van der Waals surface area contributed by atoms with Crippen LogP contribution in [-0.4, -0.2) is 11.0 Å². The summed E-state index contributed by atoms with van der Waals surface area (Å²) in [5, 5.41) is 21.8. The monoisotopic (exact) mass is 346 g/mol. The summed E-state index contributed by atoms with van der Waals surface area (Å²) in [6.07, 6.45) is 1.45. The molecule has 0 heterocycles. The number of carbonyl (C=O) groups is 1. The molecule has 0 atom stereocenters. The maximum atomic E-state index is 12.1. The van der Waals surface area contributed by atoms with E-state index in [1.165, 1.54) is 18.2 Å². The molecule has 2 rings (SSSR count). The zero-order valence-electron chi connectivity index (χ0n) is 11.9. The number of hydrogen-bond acceptors (Lipinski definition) is 3. The second-order valence-corrected chi connectivity index (χ2v) is 5.51. The van der Waals surface area contributed by atoms with Crippen molar-refractivity contribution in [1.82, 2.24) is 5.32 Å². The second kappa shape index (κ2) is 7.68. The van der Waals surface area contributed by atoms with Crippen molar-refractivity contribution in [3.63, 3.8) is 0 Å². The van der Waals surface area contributed by atoms with Gasteiger partial charge in [-0.2, -0.15) is 5.26 Å². The van der Waals surface area contributed by atoms with Crippen molar-refractivity contribution in [3.8, 4) is 11.8 Å². The maximum Gasteiger partial charge on any atom is 0.262 e. The Morgan fingerprint density at radius 2 is 1.87 bits per heavy atom. The second-order valence-electron chi connectivity index (χ2n) is 4.69. The van der Waals surface area contributed by atoms with Crippen molar-refractivity contribution in [1.29, 1.82) is 5.26 Å². The normalized spacial score (nSPS) is 10.9. The standard InChI is InChI=1S/C17H12Cl2N2O2/c18-15-6-3-12(8-16(15)19)10-21-17(23)13(9-20)7-11-1-4-14(22)5-2-11/h1-8,22H,10H2,(H,21,23)/b13-7+. The number of phenols is 1. The first-order valence-corrected chi connectivity index (χ1v) is 7.38. The Hall–Kier alpha value is -2.48. The van der Waals surface area contributed by atoms with Crippen LogP contribution in [0.15, 0.2) is 48.0 Å². The molecule has 0 aliphatic carbocycles. The highest BCUT2D eigenvalue weighted by Gasteiger charge is 2.09. The van der Waals surface area contributed by atoms with Gasteiger partial charge >= 0.3 is 0 Å². The summed E-state index contributed by atoms with van der Waals surface area (Å²) in [4.78, 5) is 12.1. The molecule has 2 N–H and O–H groups in total. The molecule has 0 fully saturated rings. The number of phenolic OH excluding ortho intramolecular Hbond substituents is 1. The Labute approximate surface area is 143 Å². The van der Waals surface area contributed by atoms with Gasteiger partial charge in [0, 0.05) is 6.54 Å². The SMILES string of the molecule is N#C/C(=C\c1ccc(O)cc1)C(=O)NCc1ccc(Cl)c(Cl)c1. The first-order chi connectivity index (χ1) is 11.0. The van der Waals surface area contributed by atoms with E-state index in [1.807, 2.05) is 6.07 Å². The van der Waals surface area contributed by atoms with E-state index in [1.54, 1.807) is 30.3 Å². The summed E-state index contributed by atoms with van der Waals surface area (Å²) >= 11 is 11.7. The first kappa shape index (κ1) is 16.9. The molecule has 23 heavy (non-hydrogen) atoms. The zero-order chi connectivity index (χ0) is 16.8. The molecule has 0 aromatic heterocycles. The lowest BCUT2D eigenvalue weighted by Gasteiger charge is -2.06. The number of halogens is 2. The van der Waals surface area contributed by atoms with Gasteiger partial charge in [0.2, 0.25) is 0 Å². The lowest BCUT2D eigenvalue weighted by Crippen LogP contribution is -2.23.